The van der Waals surface area contributed by atoms with E-state index in [0.717, 1.165) is 0 Å². The minimum Gasteiger partial charge on any atom is -0.480 e. The zero-order valence-corrected chi connectivity index (χ0v) is 17.0. The number of hydrogen-bond donors (Lipinski definition) is 4. The van der Waals surface area contributed by atoms with E-state index in [2.05, 4.69) is 25.5 Å². The predicted molar refractivity (Wildman–Crippen MR) is 116 cm³/mol. The predicted octanol–water partition coefficient (Wildman–Crippen LogP) is 2.47. The lowest BCUT2D eigenvalue weighted by atomic mass is 10.1. The molecule has 1 amide bonds. The molecule has 0 aliphatic heterocycles. The monoisotopic (exact) mass is 436 g/mol. The summed E-state index contributed by atoms with van der Waals surface area (Å²) >= 11 is 0. The number of Topliss-reactive ketones (excluding diaryl/α,β-unsaturated/α-hetero) is 1. The van der Waals surface area contributed by atoms with Crippen LogP contribution >= 0.6 is 0 Å². The molecule has 11 nitrogen and oxygen atoms in total. The van der Waals surface area contributed by atoms with Crippen LogP contribution in [0.15, 0.2) is 57.5 Å². The van der Waals surface area contributed by atoms with Crippen molar-refractivity contribution in [2.75, 3.05) is 5.73 Å². The molecule has 1 aromatic heterocycles. The van der Waals surface area contributed by atoms with Gasteiger partial charge in [0.05, 0.1) is 22.3 Å². The number of H-pyrrole nitrogens is 1. The number of nitrogens with zero attached hydrogens (tertiary/aromatic N) is 3. The molecule has 1 heterocycles. The molecule has 0 bridgehead atoms. The molecule has 3 rings (SSSR count). The fourth-order valence-electron chi connectivity index (χ4n) is 2.85. The molecular formula is C21H20N6O5. The number of benzene rings is 2. The lowest BCUT2D eigenvalue weighted by Crippen LogP contribution is -2.41. The minimum atomic E-state index is -1.21. The SMILES string of the molecule is CC(=O)CCC(NC(=O)c1ccc(N=Nc2ccc3nc(N)[nH]c(=O)c3c2)cc1)C(=O)O. The highest BCUT2D eigenvalue weighted by Gasteiger charge is 2.21. The van der Waals surface area contributed by atoms with E-state index in [-0.39, 0.29) is 35.7 Å². The molecule has 1 unspecified atom stereocenters. The van der Waals surface area contributed by atoms with Crippen LogP contribution < -0.4 is 16.6 Å². The van der Waals surface area contributed by atoms with Crippen molar-refractivity contribution < 1.29 is 19.5 Å². The van der Waals surface area contributed by atoms with Crippen LogP contribution in [-0.4, -0.2) is 38.8 Å². The van der Waals surface area contributed by atoms with Crippen molar-refractivity contribution in [3.8, 4) is 0 Å². The van der Waals surface area contributed by atoms with Gasteiger partial charge in [-0.3, -0.25) is 14.6 Å². The number of hydrogen-bond acceptors (Lipinski definition) is 8. The van der Waals surface area contributed by atoms with Gasteiger partial charge in [-0.05, 0) is 55.8 Å². The van der Waals surface area contributed by atoms with Crippen molar-refractivity contribution in [3.63, 3.8) is 0 Å². The van der Waals surface area contributed by atoms with Gasteiger partial charge in [0.15, 0.2) is 0 Å². The van der Waals surface area contributed by atoms with E-state index in [1.807, 2.05) is 0 Å². The Labute approximate surface area is 181 Å². The third kappa shape index (κ3) is 5.59. The van der Waals surface area contributed by atoms with Crippen LogP contribution in [0.25, 0.3) is 10.9 Å². The van der Waals surface area contributed by atoms with E-state index in [1.165, 1.54) is 25.1 Å². The van der Waals surface area contributed by atoms with Gasteiger partial charge in [-0.15, -0.1) is 0 Å². The number of carboxylic acids is 1. The first-order valence-corrected chi connectivity index (χ1v) is 9.57. The summed E-state index contributed by atoms with van der Waals surface area (Å²) in [4.78, 5) is 53.1. The number of nitrogens with one attached hydrogen (secondary N) is 2. The van der Waals surface area contributed by atoms with Gasteiger partial charge in [0.2, 0.25) is 5.95 Å². The van der Waals surface area contributed by atoms with Crippen molar-refractivity contribution in [2.45, 2.75) is 25.8 Å². The second-order valence-electron chi connectivity index (χ2n) is 7.00. The summed E-state index contributed by atoms with van der Waals surface area (Å²) in [6.07, 6.45) is 0.0695. The summed E-state index contributed by atoms with van der Waals surface area (Å²) in [5, 5.41) is 20.1. The lowest BCUT2D eigenvalue weighted by molar-refractivity contribution is -0.139. The maximum absolute atomic E-state index is 12.3. The fraction of sp³-hybridized carbons (Fsp3) is 0.190. The molecule has 0 saturated heterocycles. The Hall–Kier alpha value is -4.41. The Kier molecular flexibility index (Phi) is 6.68. The first-order chi connectivity index (χ1) is 15.2. The van der Waals surface area contributed by atoms with E-state index in [0.29, 0.717) is 22.3 Å². The third-order valence-electron chi connectivity index (χ3n) is 4.51. The lowest BCUT2D eigenvalue weighted by Gasteiger charge is -2.13. The minimum absolute atomic E-state index is 0.0133. The van der Waals surface area contributed by atoms with Gasteiger partial charge in [-0.25, -0.2) is 9.78 Å². The highest BCUT2D eigenvalue weighted by Crippen LogP contribution is 2.21. The molecule has 0 aliphatic carbocycles. The largest absolute Gasteiger partial charge is 0.480 e. The maximum Gasteiger partial charge on any atom is 0.326 e. The number of azo groups is 1. The zero-order valence-electron chi connectivity index (χ0n) is 17.0. The number of nitrogen functional groups attached to an aromatic ring is 1. The van der Waals surface area contributed by atoms with Crippen LogP contribution in [0.1, 0.15) is 30.1 Å². The third-order valence-corrected chi connectivity index (χ3v) is 4.51. The molecule has 11 heteroatoms. The topological polar surface area (TPSA) is 180 Å². The molecule has 164 valence electrons. The van der Waals surface area contributed by atoms with Crippen LogP contribution in [-0.2, 0) is 9.59 Å². The summed E-state index contributed by atoms with van der Waals surface area (Å²) in [7, 11) is 0. The summed E-state index contributed by atoms with van der Waals surface area (Å²) < 4.78 is 0. The zero-order chi connectivity index (χ0) is 23.3. The molecule has 0 spiro atoms. The smallest absolute Gasteiger partial charge is 0.326 e. The average Bonchev–Trinajstić information content (AvgIpc) is 2.75. The number of amides is 1. The number of fused-ring (bicyclic) bond motifs is 1. The Morgan fingerprint density at radius 3 is 2.44 bits per heavy atom. The van der Waals surface area contributed by atoms with E-state index in [1.54, 1.807) is 24.3 Å². The molecule has 3 aromatic rings. The normalized spacial score (nSPS) is 12.0. The van der Waals surface area contributed by atoms with Crippen molar-refractivity contribution in [2.24, 2.45) is 10.2 Å². The number of aromatic nitrogens is 2. The standard InChI is InChI=1S/C21H20N6O5/c1-11(28)2-8-17(20(31)32)23-18(29)12-3-5-13(6-4-12)26-27-14-7-9-16-15(10-14)19(30)25-21(22)24-16/h3-7,9-10,17H,2,8H2,1H3,(H,23,29)(H,31,32)(H3,22,24,25,30). The Bertz CT molecular complexity index is 1270. The fourth-order valence-corrected chi connectivity index (χ4v) is 2.85. The van der Waals surface area contributed by atoms with Crippen LogP contribution in [0.5, 0.6) is 0 Å². The van der Waals surface area contributed by atoms with E-state index in [4.69, 9.17) is 5.73 Å². The highest BCUT2D eigenvalue weighted by molar-refractivity contribution is 5.97. The van der Waals surface area contributed by atoms with Gasteiger partial charge in [-0.1, -0.05) is 0 Å². The van der Waals surface area contributed by atoms with Gasteiger partial charge in [0.1, 0.15) is 11.8 Å². The van der Waals surface area contributed by atoms with E-state index >= 15 is 0 Å². The first-order valence-electron chi connectivity index (χ1n) is 9.57. The van der Waals surface area contributed by atoms with Crippen molar-refractivity contribution in [3.05, 3.63) is 58.4 Å². The van der Waals surface area contributed by atoms with Crippen LogP contribution in [0.4, 0.5) is 17.3 Å². The number of ketones is 1. The second kappa shape index (κ2) is 9.60. The summed E-state index contributed by atoms with van der Waals surface area (Å²) in [6, 6.07) is 9.64. The molecule has 0 fully saturated rings. The molecule has 0 aliphatic rings. The van der Waals surface area contributed by atoms with Crippen molar-refractivity contribution >= 4 is 45.9 Å². The van der Waals surface area contributed by atoms with Crippen LogP contribution in [0.2, 0.25) is 0 Å². The van der Waals surface area contributed by atoms with E-state index in [9.17, 15) is 24.3 Å². The highest BCUT2D eigenvalue weighted by atomic mass is 16.4. The first kappa shape index (κ1) is 22.3. The molecule has 1 atom stereocenters. The number of rotatable bonds is 8. The quantitative estimate of drug-likeness (QED) is 0.391. The Balaban J connectivity index is 1.70. The van der Waals surface area contributed by atoms with Crippen LogP contribution in [0.3, 0.4) is 0 Å². The average molecular weight is 436 g/mol. The van der Waals surface area contributed by atoms with Crippen molar-refractivity contribution in [1.29, 1.82) is 0 Å². The molecule has 0 saturated carbocycles. The molecule has 2 aromatic carbocycles. The molecular weight excluding hydrogens is 416 g/mol. The number of aromatic amines is 1. The molecule has 0 radical (unpaired) electrons. The van der Waals surface area contributed by atoms with Crippen LogP contribution in [0, 0.1) is 0 Å². The number of anilines is 1. The Morgan fingerprint density at radius 2 is 1.78 bits per heavy atom. The molecule has 32 heavy (non-hydrogen) atoms. The summed E-state index contributed by atoms with van der Waals surface area (Å²) in [5.74, 6) is -1.92. The summed E-state index contributed by atoms with van der Waals surface area (Å²) in [6.45, 7) is 1.36. The number of nitrogens with two attached hydrogens (primary N) is 1. The summed E-state index contributed by atoms with van der Waals surface area (Å²) in [5.41, 5.74) is 6.67. The number of carboxylic acid groups (broad SMARTS) is 1. The second-order valence-corrected chi connectivity index (χ2v) is 7.00. The van der Waals surface area contributed by atoms with Crippen molar-refractivity contribution in [1.82, 2.24) is 15.3 Å². The number of carbonyl (C=O) groups is 3. The Morgan fingerprint density at radius 1 is 1.12 bits per heavy atom. The van der Waals surface area contributed by atoms with Gasteiger partial charge in [-0.2, -0.15) is 10.2 Å². The van der Waals surface area contributed by atoms with E-state index < -0.39 is 17.9 Å². The number of carbonyl (C=O) groups excluding carboxylic acids is 2. The van der Waals surface area contributed by atoms with Gasteiger partial charge in [0.25, 0.3) is 11.5 Å². The number of aliphatic carboxylic acids is 1. The molecule has 5 N–H and O–H groups in total. The van der Waals surface area contributed by atoms with Gasteiger partial charge >= 0.3 is 5.97 Å². The van der Waals surface area contributed by atoms with Gasteiger partial charge < -0.3 is 21.0 Å². The maximum atomic E-state index is 12.3. The van der Waals surface area contributed by atoms with Gasteiger partial charge in [0, 0.05) is 12.0 Å².